The first-order chi connectivity index (χ1) is 12.2. The summed E-state index contributed by atoms with van der Waals surface area (Å²) in [6, 6.07) is 11.7. The zero-order valence-corrected chi connectivity index (χ0v) is 16.5. The smallest absolute Gasteiger partial charge is 0.0822 e. The first-order valence-electron chi connectivity index (χ1n) is 10.7. The number of hydrogen-bond donors (Lipinski definition) is 0. The Morgan fingerprint density at radius 2 is 1.56 bits per heavy atom. The Balaban J connectivity index is 1.88. The summed E-state index contributed by atoms with van der Waals surface area (Å²) in [5.41, 5.74) is 2.47. The normalized spacial score (nSPS) is 23.3. The quantitative estimate of drug-likeness (QED) is 0.409. The van der Waals surface area contributed by atoms with E-state index in [4.69, 9.17) is 0 Å². The number of hydrogen-bond acceptors (Lipinski definition) is 1. The highest BCUT2D eigenvalue weighted by molar-refractivity contribution is 5.35. The van der Waals surface area contributed by atoms with Gasteiger partial charge in [-0.05, 0) is 55.6 Å². The monoisotopic (exact) mass is 339 g/mol. The number of nitriles is 1. The van der Waals surface area contributed by atoms with Gasteiger partial charge in [0.15, 0.2) is 0 Å². The van der Waals surface area contributed by atoms with Crippen molar-refractivity contribution in [2.24, 2.45) is 5.92 Å². The number of unbranched alkanes of at least 4 members (excludes halogenated alkanes) is 5. The van der Waals surface area contributed by atoms with Crippen molar-refractivity contribution in [1.29, 1.82) is 5.26 Å². The lowest BCUT2D eigenvalue weighted by Gasteiger charge is -2.35. The molecule has 1 aromatic rings. The van der Waals surface area contributed by atoms with E-state index in [0.717, 1.165) is 18.8 Å². The molecule has 1 saturated carbocycles. The second-order valence-electron chi connectivity index (χ2n) is 8.14. The average Bonchev–Trinajstić information content (AvgIpc) is 2.67. The van der Waals surface area contributed by atoms with Gasteiger partial charge in [-0.25, -0.2) is 0 Å². The van der Waals surface area contributed by atoms with Crippen LogP contribution in [0.3, 0.4) is 0 Å². The predicted molar refractivity (Wildman–Crippen MR) is 108 cm³/mol. The zero-order valence-electron chi connectivity index (χ0n) is 16.5. The standard InChI is InChI=1S/C24H37N/c1-3-5-7-9-11-22-16-18-24(20-25,19-17-22)23-14-12-21(13-15-23)10-8-6-4-2/h12-15,22H,3-11,16-19H2,1-2H3/t22-,24+. The minimum absolute atomic E-state index is 0.220. The van der Waals surface area contributed by atoms with Gasteiger partial charge in [-0.1, -0.05) is 83.1 Å². The Hall–Kier alpha value is -1.29. The fourth-order valence-electron chi connectivity index (χ4n) is 4.35. The van der Waals surface area contributed by atoms with Crippen molar-refractivity contribution in [3.8, 4) is 6.07 Å². The Labute approximate surface area is 155 Å². The third kappa shape index (κ3) is 5.88. The molecule has 1 aliphatic rings. The highest BCUT2D eigenvalue weighted by Gasteiger charge is 2.36. The summed E-state index contributed by atoms with van der Waals surface area (Å²) in [4.78, 5) is 0. The molecule has 0 unspecified atom stereocenters. The molecule has 138 valence electrons. The van der Waals surface area contributed by atoms with Gasteiger partial charge in [-0.3, -0.25) is 0 Å². The highest BCUT2D eigenvalue weighted by atomic mass is 14.4. The van der Waals surface area contributed by atoms with Crippen LogP contribution < -0.4 is 0 Å². The molecule has 0 aliphatic heterocycles. The number of benzene rings is 1. The summed E-state index contributed by atoms with van der Waals surface area (Å²) < 4.78 is 0. The number of aryl methyl sites for hydroxylation is 1. The fourth-order valence-corrected chi connectivity index (χ4v) is 4.35. The zero-order chi connectivity index (χ0) is 18.0. The second kappa shape index (κ2) is 10.6. The van der Waals surface area contributed by atoms with E-state index in [9.17, 15) is 5.26 Å². The van der Waals surface area contributed by atoms with E-state index in [1.54, 1.807) is 0 Å². The molecule has 0 atom stereocenters. The summed E-state index contributed by atoms with van der Waals surface area (Å²) in [5.74, 6) is 0.853. The largest absolute Gasteiger partial charge is 0.197 e. The van der Waals surface area contributed by atoms with Gasteiger partial charge in [0.05, 0.1) is 11.5 Å². The molecule has 0 radical (unpaired) electrons. The first-order valence-corrected chi connectivity index (χ1v) is 10.7. The van der Waals surface area contributed by atoms with Crippen molar-refractivity contribution in [1.82, 2.24) is 0 Å². The van der Waals surface area contributed by atoms with Crippen molar-refractivity contribution in [2.45, 2.75) is 103 Å². The Bertz CT molecular complexity index is 514. The number of nitrogens with zero attached hydrogens (tertiary/aromatic N) is 1. The van der Waals surface area contributed by atoms with Gasteiger partial charge in [0, 0.05) is 0 Å². The van der Waals surface area contributed by atoms with Gasteiger partial charge in [0.2, 0.25) is 0 Å². The Morgan fingerprint density at radius 1 is 0.920 bits per heavy atom. The maximum absolute atomic E-state index is 9.92. The van der Waals surface area contributed by atoms with Crippen LogP contribution in [0.25, 0.3) is 0 Å². The first kappa shape index (κ1) is 20.0. The molecule has 1 aromatic carbocycles. The lowest BCUT2D eigenvalue weighted by atomic mass is 9.66. The highest BCUT2D eigenvalue weighted by Crippen LogP contribution is 2.42. The fraction of sp³-hybridized carbons (Fsp3) is 0.708. The molecule has 1 fully saturated rings. The van der Waals surface area contributed by atoms with Gasteiger partial charge >= 0.3 is 0 Å². The molecule has 0 aromatic heterocycles. The van der Waals surface area contributed by atoms with Crippen molar-refractivity contribution in [2.75, 3.05) is 0 Å². The molecule has 25 heavy (non-hydrogen) atoms. The molecule has 0 saturated heterocycles. The summed E-state index contributed by atoms with van der Waals surface area (Å²) in [6.07, 6.45) is 16.4. The van der Waals surface area contributed by atoms with Crippen LogP contribution in [0.4, 0.5) is 0 Å². The summed E-state index contributed by atoms with van der Waals surface area (Å²) in [6.45, 7) is 4.52. The maximum atomic E-state index is 9.92. The lowest BCUT2D eigenvalue weighted by molar-refractivity contribution is 0.261. The van der Waals surface area contributed by atoms with Gasteiger partial charge in [0.1, 0.15) is 0 Å². The van der Waals surface area contributed by atoms with E-state index >= 15 is 0 Å². The molecule has 0 heterocycles. The average molecular weight is 340 g/mol. The predicted octanol–water partition coefficient (Wildman–Crippen LogP) is 7.34. The third-order valence-corrected chi connectivity index (χ3v) is 6.21. The van der Waals surface area contributed by atoms with Gasteiger partial charge in [-0.15, -0.1) is 0 Å². The molecule has 2 rings (SSSR count). The molecule has 1 nitrogen and oxygen atoms in total. The SMILES string of the molecule is CCCCCC[C@H]1CC[C@@](C#N)(c2ccc(CCCCC)cc2)CC1. The van der Waals surface area contributed by atoms with E-state index in [0.29, 0.717) is 0 Å². The van der Waals surface area contributed by atoms with Gasteiger partial charge in [0.25, 0.3) is 0 Å². The van der Waals surface area contributed by atoms with Gasteiger partial charge in [-0.2, -0.15) is 5.26 Å². The van der Waals surface area contributed by atoms with Crippen molar-refractivity contribution in [3.63, 3.8) is 0 Å². The third-order valence-electron chi connectivity index (χ3n) is 6.21. The van der Waals surface area contributed by atoms with E-state index in [1.807, 2.05) is 0 Å². The van der Waals surface area contributed by atoms with Crippen LogP contribution in [-0.4, -0.2) is 0 Å². The van der Waals surface area contributed by atoms with E-state index in [1.165, 1.54) is 81.8 Å². The van der Waals surface area contributed by atoms with Crippen molar-refractivity contribution < 1.29 is 0 Å². The second-order valence-corrected chi connectivity index (χ2v) is 8.14. The number of rotatable bonds is 10. The minimum Gasteiger partial charge on any atom is -0.197 e. The topological polar surface area (TPSA) is 23.8 Å². The summed E-state index contributed by atoms with van der Waals surface area (Å²) in [5, 5.41) is 9.92. The maximum Gasteiger partial charge on any atom is 0.0822 e. The van der Waals surface area contributed by atoms with E-state index in [2.05, 4.69) is 44.2 Å². The Morgan fingerprint density at radius 3 is 2.16 bits per heavy atom. The Kier molecular flexibility index (Phi) is 8.53. The van der Waals surface area contributed by atoms with Crippen LogP contribution in [0.15, 0.2) is 24.3 Å². The van der Waals surface area contributed by atoms with Crippen LogP contribution in [0.2, 0.25) is 0 Å². The van der Waals surface area contributed by atoms with Crippen LogP contribution in [-0.2, 0) is 11.8 Å². The van der Waals surface area contributed by atoms with Crippen LogP contribution in [0.1, 0.15) is 102 Å². The molecule has 0 amide bonds. The van der Waals surface area contributed by atoms with Crippen molar-refractivity contribution in [3.05, 3.63) is 35.4 Å². The van der Waals surface area contributed by atoms with Gasteiger partial charge < -0.3 is 0 Å². The molecule has 0 spiro atoms. The molecular formula is C24H37N. The summed E-state index contributed by atoms with van der Waals surface area (Å²) in [7, 11) is 0. The minimum atomic E-state index is -0.220. The van der Waals surface area contributed by atoms with Crippen LogP contribution in [0, 0.1) is 17.2 Å². The molecule has 1 heteroatoms. The van der Waals surface area contributed by atoms with Crippen molar-refractivity contribution >= 4 is 0 Å². The van der Waals surface area contributed by atoms with E-state index < -0.39 is 0 Å². The van der Waals surface area contributed by atoms with Crippen LogP contribution in [0.5, 0.6) is 0 Å². The van der Waals surface area contributed by atoms with Crippen LogP contribution >= 0.6 is 0 Å². The molecular weight excluding hydrogens is 302 g/mol. The van der Waals surface area contributed by atoms with E-state index in [-0.39, 0.29) is 5.41 Å². The molecule has 1 aliphatic carbocycles. The molecule has 0 bridgehead atoms. The summed E-state index contributed by atoms with van der Waals surface area (Å²) >= 11 is 0. The lowest BCUT2D eigenvalue weighted by Crippen LogP contribution is -2.30. The molecule has 0 N–H and O–H groups in total.